The predicted molar refractivity (Wildman–Crippen MR) is 104 cm³/mol. The van der Waals surface area contributed by atoms with Gasteiger partial charge in [0.25, 0.3) is 0 Å². The highest BCUT2D eigenvalue weighted by molar-refractivity contribution is 5.93. The van der Waals surface area contributed by atoms with Crippen LogP contribution in [-0.2, 0) is 13.0 Å². The summed E-state index contributed by atoms with van der Waals surface area (Å²) in [7, 11) is 0. The van der Waals surface area contributed by atoms with Crippen LogP contribution >= 0.6 is 0 Å². The average Bonchev–Trinajstić information content (AvgIpc) is 3.09. The highest BCUT2D eigenvalue weighted by atomic mass is 16.4. The van der Waals surface area contributed by atoms with Crippen LogP contribution in [-0.4, -0.2) is 39.4 Å². The predicted octanol–water partition coefficient (Wildman–Crippen LogP) is 3.00. The molecule has 0 spiro atoms. The molecule has 3 rings (SSSR count). The van der Waals surface area contributed by atoms with Crippen molar-refractivity contribution in [1.82, 2.24) is 10.3 Å². The second kappa shape index (κ2) is 8.24. The monoisotopic (exact) mass is 368 g/mol. The number of aromatic hydroxyl groups is 1. The van der Waals surface area contributed by atoms with Gasteiger partial charge in [0.05, 0.1) is 6.61 Å². The van der Waals surface area contributed by atoms with Crippen molar-refractivity contribution < 1.29 is 20.1 Å². The minimum Gasteiger partial charge on any atom is -0.508 e. The number of phenols is 1. The first-order valence-corrected chi connectivity index (χ1v) is 8.96. The highest BCUT2D eigenvalue weighted by Gasteiger charge is 2.09. The van der Waals surface area contributed by atoms with E-state index in [-0.39, 0.29) is 24.0 Å². The molecule has 1 unspecified atom stereocenters. The maximum Gasteiger partial charge on any atom is 0.352 e. The molecule has 6 heteroatoms. The molecule has 0 fully saturated rings. The molecule has 0 saturated heterocycles. The van der Waals surface area contributed by atoms with Gasteiger partial charge < -0.3 is 25.6 Å². The Kier molecular flexibility index (Phi) is 5.78. The van der Waals surface area contributed by atoms with Crippen molar-refractivity contribution in [2.24, 2.45) is 0 Å². The number of aliphatic hydroxyl groups excluding tert-OH is 1. The maximum absolute atomic E-state index is 11.0. The highest BCUT2D eigenvalue weighted by Crippen LogP contribution is 2.23. The molecule has 6 nitrogen and oxygen atoms in total. The van der Waals surface area contributed by atoms with E-state index in [4.69, 9.17) is 5.11 Å². The molecular weight excluding hydrogens is 344 g/mol. The molecule has 1 heterocycles. The van der Waals surface area contributed by atoms with E-state index < -0.39 is 5.97 Å². The van der Waals surface area contributed by atoms with Crippen molar-refractivity contribution >= 4 is 16.9 Å². The van der Waals surface area contributed by atoms with Gasteiger partial charge in [-0.2, -0.15) is 0 Å². The molecule has 1 aromatic heterocycles. The van der Waals surface area contributed by atoms with Crippen molar-refractivity contribution in [3.05, 3.63) is 64.8 Å². The number of nitrogens with one attached hydrogen (secondary N) is 2. The van der Waals surface area contributed by atoms with Gasteiger partial charge in [-0.1, -0.05) is 19.1 Å². The Labute approximate surface area is 157 Å². The quantitative estimate of drug-likeness (QED) is 0.393. The average molecular weight is 368 g/mol. The largest absolute Gasteiger partial charge is 0.508 e. The van der Waals surface area contributed by atoms with Gasteiger partial charge in [-0.15, -0.1) is 0 Å². The van der Waals surface area contributed by atoms with Crippen molar-refractivity contribution in [3.8, 4) is 5.75 Å². The third-order valence-electron chi connectivity index (χ3n) is 4.80. The van der Waals surface area contributed by atoms with Crippen molar-refractivity contribution in [2.75, 3.05) is 13.1 Å². The summed E-state index contributed by atoms with van der Waals surface area (Å²) in [6, 6.07) is 12.9. The van der Waals surface area contributed by atoms with Crippen LogP contribution < -0.4 is 5.32 Å². The van der Waals surface area contributed by atoms with E-state index in [1.165, 1.54) is 0 Å². The summed E-state index contributed by atoms with van der Waals surface area (Å²) < 4.78 is 0. The van der Waals surface area contributed by atoms with Crippen LogP contribution in [0.1, 0.15) is 40.0 Å². The van der Waals surface area contributed by atoms with Gasteiger partial charge in [0.1, 0.15) is 11.4 Å². The summed E-state index contributed by atoms with van der Waals surface area (Å²) in [5.41, 5.74) is 3.78. The molecule has 0 bridgehead atoms. The van der Waals surface area contributed by atoms with E-state index in [1.807, 2.05) is 30.3 Å². The summed E-state index contributed by atoms with van der Waals surface area (Å²) in [4.78, 5) is 13.9. The number of fused-ring (bicyclic) bond motifs is 1. The number of hydrogen-bond acceptors (Lipinski definition) is 4. The maximum atomic E-state index is 11.0. The van der Waals surface area contributed by atoms with Gasteiger partial charge in [-0.3, -0.25) is 0 Å². The fraction of sp³-hybridized carbons (Fsp3) is 0.286. The zero-order chi connectivity index (χ0) is 19.4. The molecule has 0 aliphatic rings. The van der Waals surface area contributed by atoms with Crippen LogP contribution in [0.4, 0.5) is 0 Å². The van der Waals surface area contributed by atoms with Gasteiger partial charge in [-0.25, -0.2) is 4.79 Å². The van der Waals surface area contributed by atoms with Gasteiger partial charge in [-0.05, 0) is 60.3 Å². The lowest BCUT2D eigenvalue weighted by atomic mass is 9.98. The van der Waals surface area contributed by atoms with E-state index in [9.17, 15) is 15.0 Å². The molecule has 5 N–H and O–H groups in total. The lowest BCUT2D eigenvalue weighted by molar-refractivity contribution is 0.0691. The fourth-order valence-electron chi connectivity index (χ4n) is 3.16. The normalized spacial score (nSPS) is 12.4. The number of rotatable bonds is 8. The third-order valence-corrected chi connectivity index (χ3v) is 4.80. The molecule has 142 valence electrons. The number of hydrogen-bond donors (Lipinski definition) is 5. The summed E-state index contributed by atoms with van der Waals surface area (Å²) >= 11 is 0. The Hall–Kier alpha value is -2.83. The summed E-state index contributed by atoms with van der Waals surface area (Å²) in [5, 5.41) is 32.3. The molecular formula is C21H24N2O4. The summed E-state index contributed by atoms with van der Waals surface area (Å²) in [5.74, 6) is -0.587. The number of aromatic carboxylic acids is 1. The number of carboxylic acids is 1. The van der Waals surface area contributed by atoms with Crippen LogP contribution in [0.5, 0.6) is 5.75 Å². The van der Waals surface area contributed by atoms with Crippen LogP contribution in [0, 0.1) is 0 Å². The first kappa shape index (κ1) is 18.9. The molecule has 3 aromatic rings. The SMILES string of the molecule is CC(CNCCc1ccc2[nH]c(C(=O)O)cc2c1)c1ccc(O)c(CO)c1. The van der Waals surface area contributed by atoms with E-state index in [2.05, 4.69) is 17.2 Å². The summed E-state index contributed by atoms with van der Waals surface area (Å²) in [6.45, 7) is 3.51. The van der Waals surface area contributed by atoms with E-state index in [0.29, 0.717) is 5.56 Å². The Morgan fingerprint density at radius 3 is 2.74 bits per heavy atom. The van der Waals surface area contributed by atoms with E-state index in [0.717, 1.165) is 41.5 Å². The second-order valence-electron chi connectivity index (χ2n) is 6.81. The molecule has 0 radical (unpaired) electrons. The first-order valence-electron chi connectivity index (χ1n) is 8.96. The minimum absolute atomic E-state index is 0.118. The van der Waals surface area contributed by atoms with Gasteiger partial charge in [0, 0.05) is 23.0 Å². The van der Waals surface area contributed by atoms with Crippen LogP contribution in [0.15, 0.2) is 42.5 Å². The zero-order valence-electron chi connectivity index (χ0n) is 15.2. The fourth-order valence-corrected chi connectivity index (χ4v) is 3.16. The van der Waals surface area contributed by atoms with Crippen molar-refractivity contribution in [3.63, 3.8) is 0 Å². The molecule has 0 aliphatic carbocycles. The van der Waals surface area contributed by atoms with Gasteiger partial charge in [0.2, 0.25) is 0 Å². The Balaban J connectivity index is 1.53. The Morgan fingerprint density at radius 1 is 1.19 bits per heavy atom. The molecule has 2 aromatic carbocycles. The third kappa shape index (κ3) is 4.48. The molecule has 0 amide bonds. The number of carbonyl (C=O) groups is 1. The van der Waals surface area contributed by atoms with Gasteiger partial charge in [0.15, 0.2) is 0 Å². The number of H-pyrrole nitrogens is 1. The number of aromatic amines is 1. The molecule has 27 heavy (non-hydrogen) atoms. The standard InChI is InChI=1S/C21H24N2O4/c1-13(15-3-5-20(25)17(9-15)12-24)11-22-7-6-14-2-4-18-16(8-14)10-19(23-18)21(26)27/h2-5,8-10,13,22-25H,6-7,11-12H2,1H3,(H,26,27). The topological polar surface area (TPSA) is 106 Å². The minimum atomic E-state index is -0.956. The van der Waals surface area contributed by atoms with Crippen molar-refractivity contribution in [2.45, 2.75) is 25.9 Å². The molecule has 0 aliphatic heterocycles. The zero-order valence-corrected chi connectivity index (χ0v) is 15.2. The lowest BCUT2D eigenvalue weighted by Gasteiger charge is -2.15. The molecule has 1 atom stereocenters. The number of carboxylic acid groups (broad SMARTS) is 1. The smallest absolute Gasteiger partial charge is 0.352 e. The van der Waals surface area contributed by atoms with E-state index in [1.54, 1.807) is 12.1 Å². The number of aromatic nitrogens is 1. The van der Waals surface area contributed by atoms with Crippen LogP contribution in [0.2, 0.25) is 0 Å². The van der Waals surface area contributed by atoms with Crippen LogP contribution in [0.25, 0.3) is 10.9 Å². The second-order valence-corrected chi connectivity index (χ2v) is 6.81. The first-order chi connectivity index (χ1) is 13.0. The Morgan fingerprint density at radius 2 is 2.00 bits per heavy atom. The lowest BCUT2D eigenvalue weighted by Crippen LogP contribution is -2.22. The Bertz CT molecular complexity index is 949. The molecule has 0 saturated carbocycles. The van der Waals surface area contributed by atoms with Crippen molar-refractivity contribution in [1.29, 1.82) is 0 Å². The summed E-state index contributed by atoms with van der Waals surface area (Å²) in [6.07, 6.45) is 0.841. The van der Waals surface area contributed by atoms with Gasteiger partial charge >= 0.3 is 5.97 Å². The van der Waals surface area contributed by atoms with Crippen LogP contribution in [0.3, 0.4) is 0 Å². The number of aliphatic hydroxyl groups is 1. The van der Waals surface area contributed by atoms with E-state index >= 15 is 0 Å². The number of benzene rings is 2.